The lowest BCUT2D eigenvalue weighted by atomic mass is 10.0. The molecule has 0 aliphatic carbocycles. The van der Waals surface area contributed by atoms with Gasteiger partial charge in [0.05, 0.1) is 27.6 Å². The molecular formula is C55H29N5S. The molecule has 6 heterocycles. The van der Waals surface area contributed by atoms with Crippen LogP contribution in [0.3, 0.4) is 0 Å². The molecule has 6 heteroatoms. The lowest BCUT2D eigenvalue weighted by Gasteiger charge is -2.12. The summed E-state index contributed by atoms with van der Waals surface area (Å²) in [7, 11) is 0. The van der Waals surface area contributed by atoms with E-state index >= 15 is 0 Å². The van der Waals surface area contributed by atoms with Crippen LogP contribution in [0, 0.1) is 0 Å². The van der Waals surface area contributed by atoms with E-state index in [9.17, 15) is 0 Å². The Bertz CT molecular complexity index is 4270. The third-order valence-corrected chi connectivity index (χ3v) is 14.3. The van der Waals surface area contributed by atoms with Crippen molar-refractivity contribution in [2.75, 3.05) is 0 Å². The van der Waals surface area contributed by atoms with Crippen LogP contribution in [0.15, 0.2) is 176 Å². The van der Waals surface area contributed by atoms with Crippen molar-refractivity contribution in [1.29, 1.82) is 0 Å². The molecule has 0 saturated carbocycles. The molecule has 0 atom stereocenters. The maximum absolute atomic E-state index is 5.27. The van der Waals surface area contributed by atoms with Crippen LogP contribution in [-0.2, 0) is 0 Å². The fourth-order valence-electron chi connectivity index (χ4n) is 10.7. The van der Waals surface area contributed by atoms with E-state index in [-0.39, 0.29) is 0 Å². The predicted octanol–water partition coefficient (Wildman–Crippen LogP) is 14.7. The van der Waals surface area contributed by atoms with Crippen molar-refractivity contribution in [3.63, 3.8) is 0 Å². The standard InChI is InChI=1S/C55H29N5S/c1-2-10-30(11-3-1)53-56-54(58-55(57-53)41-19-9-21-45-47(41)42-28-32-12-4-5-13-33(32)29-46(42)61-45)31-22-24-34(25-23-31)59-43-20-8-14-35-36-15-6-16-37-38-17-7-18-39-40-26-27-44(59)49(48(35)43)52(40)60(50(36)37)51(38)39/h1-29H. The van der Waals surface area contributed by atoms with E-state index in [1.807, 2.05) is 29.5 Å². The Hall–Kier alpha value is -7.93. The molecule has 0 unspecified atom stereocenters. The van der Waals surface area contributed by atoms with Gasteiger partial charge >= 0.3 is 0 Å². The van der Waals surface area contributed by atoms with Gasteiger partial charge in [-0.25, -0.2) is 15.0 Å². The van der Waals surface area contributed by atoms with Gasteiger partial charge in [0, 0.05) is 80.3 Å². The lowest BCUT2D eigenvalue weighted by Crippen LogP contribution is -2.01. The third kappa shape index (κ3) is 4.12. The zero-order chi connectivity index (χ0) is 39.5. The molecule has 0 bridgehead atoms. The van der Waals surface area contributed by atoms with Crippen molar-refractivity contribution in [3.05, 3.63) is 176 Å². The van der Waals surface area contributed by atoms with Crippen molar-refractivity contribution < 1.29 is 0 Å². The van der Waals surface area contributed by atoms with Crippen LogP contribution < -0.4 is 0 Å². The van der Waals surface area contributed by atoms with Crippen LogP contribution in [0.4, 0.5) is 0 Å². The van der Waals surface area contributed by atoms with E-state index in [4.69, 9.17) is 15.0 Å². The molecule has 0 aliphatic rings. The monoisotopic (exact) mass is 791 g/mol. The topological polar surface area (TPSA) is 48.0 Å². The molecule has 0 amide bonds. The summed E-state index contributed by atoms with van der Waals surface area (Å²) >= 11 is 1.82. The summed E-state index contributed by atoms with van der Waals surface area (Å²) in [6, 6.07) is 63.8. The van der Waals surface area contributed by atoms with E-state index < -0.39 is 0 Å². The molecule has 0 spiro atoms. The van der Waals surface area contributed by atoms with Gasteiger partial charge in [0.2, 0.25) is 0 Å². The van der Waals surface area contributed by atoms with E-state index in [1.165, 1.54) is 102 Å². The van der Waals surface area contributed by atoms with Crippen LogP contribution in [-0.4, -0.2) is 23.9 Å². The van der Waals surface area contributed by atoms with Gasteiger partial charge in [-0.15, -0.1) is 11.3 Å². The third-order valence-electron chi connectivity index (χ3n) is 13.2. The second-order valence-electron chi connectivity index (χ2n) is 16.3. The summed E-state index contributed by atoms with van der Waals surface area (Å²) in [6.45, 7) is 0. The zero-order valence-electron chi connectivity index (χ0n) is 32.4. The largest absolute Gasteiger partial charge is 0.309 e. The fourth-order valence-corrected chi connectivity index (χ4v) is 11.8. The molecule has 9 aromatic carbocycles. The quantitative estimate of drug-likeness (QED) is 0.178. The second kappa shape index (κ2) is 11.4. The Morgan fingerprint density at radius 2 is 0.951 bits per heavy atom. The molecule has 280 valence electrons. The molecule has 0 saturated heterocycles. The van der Waals surface area contributed by atoms with Crippen molar-refractivity contribution in [2.45, 2.75) is 0 Å². The van der Waals surface area contributed by atoms with Gasteiger partial charge in [-0.3, -0.25) is 0 Å². The van der Waals surface area contributed by atoms with Crippen LogP contribution in [0.1, 0.15) is 0 Å². The fraction of sp³-hybridized carbons (Fsp3) is 0. The molecule has 0 aliphatic heterocycles. The highest BCUT2D eigenvalue weighted by atomic mass is 32.1. The van der Waals surface area contributed by atoms with E-state index in [1.54, 1.807) is 0 Å². The van der Waals surface area contributed by atoms with Crippen molar-refractivity contribution in [2.24, 2.45) is 0 Å². The molecular weight excluding hydrogens is 763 g/mol. The average molecular weight is 792 g/mol. The second-order valence-corrected chi connectivity index (χ2v) is 17.4. The molecule has 61 heavy (non-hydrogen) atoms. The van der Waals surface area contributed by atoms with Gasteiger partial charge in [0.15, 0.2) is 17.5 Å². The van der Waals surface area contributed by atoms with Gasteiger partial charge in [0.25, 0.3) is 0 Å². The van der Waals surface area contributed by atoms with E-state index in [0.29, 0.717) is 17.5 Å². The Morgan fingerprint density at radius 3 is 1.70 bits per heavy atom. The Morgan fingerprint density at radius 1 is 0.361 bits per heavy atom. The summed E-state index contributed by atoms with van der Waals surface area (Å²) in [5, 5.41) is 15.3. The van der Waals surface area contributed by atoms with Gasteiger partial charge in [0.1, 0.15) is 0 Å². The maximum atomic E-state index is 5.27. The lowest BCUT2D eigenvalue weighted by molar-refractivity contribution is 1.07. The highest BCUT2D eigenvalue weighted by Crippen LogP contribution is 2.49. The zero-order valence-corrected chi connectivity index (χ0v) is 33.2. The molecule has 5 nitrogen and oxygen atoms in total. The first-order valence-electron chi connectivity index (χ1n) is 20.7. The van der Waals surface area contributed by atoms with Crippen LogP contribution in [0.25, 0.3) is 141 Å². The maximum Gasteiger partial charge on any atom is 0.164 e. The van der Waals surface area contributed by atoms with Gasteiger partial charge < -0.3 is 8.97 Å². The Balaban J connectivity index is 0.946. The summed E-state index contributed by atoms with van der Waals surface area (Å²) in [5.41, 5.74) is 10.3. The molecule has 0 radical (unpaired) electrons. The average Bonchev–Trinajstić information content (AvgIpc) is 4.04. The number of fused-ring (bicyclic) bond motifs is 7. The predicted molar refractivity (Wildman–Crippen MR) is 255 cm³/mol. The smallest absolute Gasteiger partial charge is 0.164 e. The van der Waals surface area contributed by atoms with Gasteiger partial charge in [-0.05, 0) is 70.8 Å². The summed E-state index contributed by atoms with van der Waals surface area (Å²) in [5.74, 6) is 1.96. The first-order valence-corrected chi connectivity index (χ1v) is 21.5. The van der Waals surface area contributed by atoms with Crippen molar-refractivity contribution in [3.8, 4) is 39.9 Å². The van der Waals surface area contributed by atoms with E-state index in [2.05, 4.69) is 167 Å². The van der Waals surface area contributed by atoms with Crippen LogP contribution in [0.2, 0.25) is 0 Å². The highest BCUT2D eigenvalue weighted by Gasteiger charge is 2.26. The van der Waals surface area contributed by atoms with Crippen LogP contribution in [0.5, 0.6) is 0 Å². The molecule has 6 aromatic heterocycles. The number of aromatic nitrogens is 5. The summed E-state index contributed by atoms with van der Waals surface area (Å²) < 4.78 is 7.47. The van der Waals surface area contributed by atoms with Gasteiger partial charge in [-0.2, -0.15) is 0 Å². The first kappa shape index (κ1) is 32.0. The van der Waals surface area contributed by atoms with Gasteiger partial charge in [-0.1, -0.05) is 121 Å². The molecule has 15 aromatic rings. The molecule has 15 rings (SSSR count). The Kier molecular flexibility index (Phi) is 5.99. The highest BCUT2D eigenvalue weighted by molar-refractivity contribution is 7.26. The molecule has 0 N–H and O–H groups in total. The SMILES string of the molecule is c1ccc(-c2nc(-c3ccc(-n4c5cccc6c7cccc8c9cccc%10c%11ccc4c(c65)c%11n(c78)c9%10)cc3)nc(-c3cccc4sc5cc6ccccc6cc5c34)n2)cc1. The minimum Gasteiger partial charge on any atom is -0.309 e. The number of nitrogens with zero attached hydrogens (tertiary/aromatic N) is 5. The minimum absolute atomic E-state index is 0.643. The number of para-hydroxylation sites is 2. The minimum atomic E-state index is 0.643. The number of benzene rings is 9. The van der Waals surface area contributed by atoms with Crippen LogP contribution >= 0.6 is 11.3 Å². The summed E-state index contributed by atoms with van der Waals surface area (Å²) in [4.78, 5) is 15.6. The number of hydrogen-bond donors (Lipinski definition) is 0. The number of hydrogen-bond acceptors (Lipinski definition) is 4. The molecule has 0 fully saturated rings. The number of thiophene rings is 1. The normalized spacial score (nSPS) is 12.6. The van der Waals surface area contributed by atoms with E-state index in [0.717, 1.165) is 22.4 Å². The van der Waals surface area contributed by atoms with Crippen molar-refractivity contribution >= 4 is 113 Å². The first-order chi connectivity index (χ1) is 30.2. The Labute approximate surface area is 351 Å². The number of rotatable bonds is 4. The van der Waals surface area contributed by atoms with Crippen molar-refractivity contribution in [1.82, 2.24) is 23.9 Å². The summed E-state index contributed by atoms with van der Waals surface area (Å²) in [6.07, 6.45) is 0.